The van der Waals surface area contributed by atoms with Gasteiger partial charge in [0.25, 0.3) is 5.91 Å². The van der Waals surface area contributed by atoms with E-state index in [-0.39, 0.29) is 5.91 Å². The third kappa shape index (κ3) is 3.15. The number of aromatic nitrogens is 1. The zero-order chi connectivity index (χ0) is 19.8. The summed E-state index contributed by atoms with van der Waals surface area (Å²) in [5, 5.41) is 6.27. The van der Waals surface area contributed by atoms with Crippen LogP contribution in [0.2, 0.25) is 0 Å². The van der Waals surface area contributed by atoms with E-state index in [9.17, 15) is 4.79 Å². The predicted molar refractivity (Wildman–Crippen MR) is 118 cm³/mol. The maximum absolute atomic E-state index is 13.6. The molecule has 144 valence electrons. The average Bonchev–Trinajstić information content (AvgIpc) is 2.77. The molecule has 0 bridgehead atoms. The van der Waals surface area contributed by atoms with Crippen molar-refractivity contribution in [2.45, 2.75) is 19.9 Å². The van der Waals surface area contributed by atoms with E-state index in [0.29, 0.717) is 0 Å². The molecule has 0 radical (unpaired) electrons. The molecule has 1 N–H and O–H groups in total. The molecular formula is C25H23N3O. The zero-order valence-corrected chi connectivity index (χ0v) is 16.5. The Morgan fingerprint density at radius 3 is 2.62 bits per heavy atom. The van der Waals surface area contributed by atoms with Gasteiger partial charge < -0.3 is 5.32 Å². The standard InChI is InChI=1S/C25H23N3O/c1-2-28-15-14-23-20(16-28)24(19-11-5-6-12-22(19)26-23)25(29)27-21-13-7-9-17-8-3-4-10-18(17)21/h3-13H,2,14-16H2,1H3,(H,27,29). The first-order valence-corrected chi connectivity index (χ1v) is 10.2. The van der Waals surface area contributed by atoms with E-state index >= 15 is 0 Å². The van der Waals surface area contributed by atoms with E-state index in [4.69, 9.17) is 4.98 Å². The number of hydrogen-bond donors (Lipinski definition) is 1. The topological polar surface area (TPSA) is 45.2 Å². The van der Waals surface area contributed by atoms with Gasteiger partial charge in [-0.2, -0.15) is 0 Å². The fourth-order valence-corrected chi connectivity index (χ4v) is 4.29. The normalized spacial score (nSPS) is 14.1. The van der Waals surface area contributed by atoms with Gasteiger partial charge in [0, 0.05) is 47.2 Å². The van der Waals surface area contributed by atoms with Crippen molar-refractivity contribution in [1.29, 1.82) is 0 Å². The fourth-order valence-electron chi connectivity index (χ4n) is 4.29. The van der Waals surface area contributed by atoms with Gasteiger partial charge in [-0.3, -0.25) is 14.7 Å². The van der Waals surface area contributed by atoms with Crippen LogP contribution in [0, 0.1) is 0 Å². The molecule has 5 rings (SSSR count). The van der Waals surface area contributed by atoms with Gasteiger partial charge in [-0.25, -0.2) is 0 Å². The molecule has 0 fully saturated rings. The van der Waals surface area contributed by atoms with Gasteiger partial charge in [0.05, 0.1) is 11.1 Å². The van der Waals surface area contributed by atoms with Gasteiger partial charge in [0.2, 0.25) is 0 Å². The first-order chi connectivity index (χ1) is 14.2. The van der Waals surface area contributed by atoms with Crippen LogP contribution in [0.15, 0.2) is 66.7 Å². The van der Waals surface area contributed by atoms with E-state index < -0.39 is 0 Å². The molecule has 4 aromatic rings. The summed E-state index contributed by atoms with van der Waals surface area (Å²) in [6, 6.07) is 22.1. The van der Waals surface area contributed by atoms with Crippen molar-refractivity contribution in [2.75, 3.05) is 18.4 Å². The van der Waals surface area contributed by atoms with Crippen LogP contribution >= 0.6 is 0 Å². The Bertz CT molecular complexity index is 1230. The second-order valence-electron chi connectivity index (χ2n) is 7.53. The molecule has 29 heavy (non-hydrogen) atoms. The van der Waals surface area contributed by atoms with Gasteiger partial charge in [0.1, 0.15) is 0 Å². The summed E-state index contributed by atoms with van der Waals surface area (Å²) < 4.78 is 0. The van der Waals surface area contributed by atoms with Crippen molar-refractivity contribution in [2.24, 2.45) is 0 Å². The monoisotopic (exact) mass is 381 g/mol. The van der Waals surface area contributed by atoms with Gasteiger partial charge in [0.15, 0.2) is 0 Å². The summed E-state index contributed by atoms with van der Waals surface area (Å²) in [5.41, 5.74) is 4.60. The number of benzene rings is 3. The number of para-hydroxylation sites is 1. The van der Waals surface area contributed by atoms with E-state index in [1.807, 2.05) is 54.6 Å². The van der Waals surface area contributed by atoms with Crippen molar-refractivity contribution in [3.8, 4) is 0 Å². The highest BCUT2D eigenvalue weighted by Crippen LogP contribution is 2.30. The highest BCUT2D eigenvalue weighted by atomic mass is 16.1. The van der Waals surface area contributed by atoms with Crippen LogP contribution in [-0.2, 0) is 13.0 Å². The van der Waals surface area contributed by atoms with Crippen molar-refractivity contribution < 1.29 is 4.79 Å². The number of likely N-dealkylation sites (N-methyl/N-ethyl adjacent to an activating group) is 1. The molecule has 4 heteroatoms. The minimum absolute atomic E-state index is 0.0610. The van der Waals surface area contributed by atoms with Gasteiger partial charge >= 0.3 is 0 Å². The van der Waals surface area contributed by atoms with Crippen LogP contribution in [0.1, 0.15) is 28.5 Å². The van der Waals surface area contributed by atoms with Crippen LogP contribution in [0.25, 0.3) is 21.7 Å². The summed E-state index contributed by atoms with van der Waals surface area (Å²) >= 11 is 0. The molecular weight excluding hydrogens is 358 g/mol. The third-order valence-corrected chi connectivity index (χ3v) is 5.84. The maximum atomic E-state index is 13.6. The van der Waals surface area contributed by atoms with E-state index in [2.05, 4.69) is 29.3 Å². The molecule has 0 spiro atoms. The Hall–Kier alpha value is -3.24. The number of carbonyl (C=O) groups excluding carboxylic acids is 1. The molecule has 2 heterocycles. The summed E-state index contributed by atoms with van der Waals surface area (Å²) in [5.74, 6) is -0.0610. The molecule has 0 saturated heterocycles. The lowest BCUT2D eigenvalue weighted by atomic mass is 9.95. The predicted octanol–water partition coefficient (Wildman–Crippen LogP) is 5.02. The third-order valence-electron chi connectivity index (χ3n) is 5.84. The SMILES string of the molecule is CCN1CCc2nc3ccccc3c(C(=O)Nc3cccc4ccccc34)c2C1. The van der Waals surface area contributed by atoms with Crippen LogP contribution in [0.5, 0.6) is 0 Å². The number of anilines is 1. The van der Waals surface area contributed by atoms with Crippen molar-refractivity contribution in [1.82, 2.24) is 9.88 Å². The molecule has 0 saturated carbocycles. The second-order valence-corrected chi connectivity index (χ2v) is 7.53. The number of nitrogens with zero attached hydrogens (tertiary/aromatic N) is 2. The molecule has 4 nitrogen and oxygen atoms in total. The van der Waals surface area contributed by atoms with Crippen LogP contribution in [0.4, 0.5) is 5.69 Å². The zero-order valence-electron chi connectivity index (χ0n) is 16.5. The molecule has 0 aliphatic carbocycles. The minimum Gasteiger partial charge on any atom is -0.321 e. The first-order valence-electron chi connectivity index (χ1n) is 10.2. The highest BCUT2D eigenvalue weighted by molar-refractivity contribution is 6.15. The first kappa shape index (κ1) is 17.8. The summed E-state index contributed by atoms with van der Waals surface area (Å²) in [7, 11) is 0. The van der Waals surface area contributed by atoms with E-state index in [1.54, 1.807) is 0 Å². The van der Waals surface area contributed by atoms with E-state index in [1.165, 1.54) is 0 Å². The summed E-state index contributed by atoms with van der Waals surface area (Å²) in [6.45, 7) is 4.88. The Morgan fingerprint density at radius 2 is 1.76 bits per heavy atom. The molecule has 1 amide bonds. The Balaban J connectivity index is 1.64. The van der Waals surface area contributed by atoms with Crippen LogP contribution in [-0.4, -0.2) is 28.9 Å². The highest BCUT2D eigenvalue weighted by Gasteiger charge is 2.25. The molecule has 1 aliphatic rings. The van der Waals surface area contributed by atoms with Gasteiger partial charge in [-0.05, 0) is 24.1 Å². The maximum Gasteiger partial charge on any atom is 0.256 e. The Kier molecular flexibility index (Phi) is 4.49. The van der Waals surface area contributed by atoms with Crippen molar-refractivity contribution in [3.05, 3.63) is 83.6 Å². The van der Waals surface area contributed by atoms with Crippen molar-refractivity contribution >= 4 is 33.3 Å². The van der Waals surface area contributed by atoms with Crippen molar-refractivity contribution in [3.63, 3.8) is 0 Å². The Morgan fingerprint density at radius 1 is 1.00 bits per heavy atom. The van der Waals surface area contributed by atoms with Crippen LogP contribution in [0.3, 0.4) is 0 Å². The number of fused-ring (bicyclic) bond motifs is 3. The van der Waals surface area contributed by atoms with Crippen LogP contribution < -0.4 is 5.32 Å². The average molecular weight is 381 g/mol. The van der Waals surface area contributed by atoms with Gasteiger partial charge in [-0.1, -0.05) is 61.5 Å². The quantitative estimate of drug-likeness (QED) is 0.542. The largest absolute Gasteiger partial charge is 0.321 e. The van der Waals surface area contributed by atoms with E-state index in [0.717, 1.165) is 70.2 Å². The number of carbonyl (C=O) groups is 1. The fraction of sp³-hybridized carbons (Fsp3) is 0.200. The molecule has 3 aromatic carbocycles. The lowest BCUT2D eigenvalue weighted by molar-refractivity contribution is 0.102. The summed E-state index contributed by atoms with van der Waals surface area (Å²) in [4.78, 5) is 20.8. The number of nitrogens with one attached hydrogen (secondary N) is 1. The smallest absolute Gasteiger partial charge is 0.256 e. The minimum atomic E-state index is -0.0610. The van der Waals surface area contributed by atoms with Gasteiger partial charge in [-0.15, -0.1) is 0 Å². The summed E-state index contributed by atoms with van der Waals surface area (Å²) in [6.07, 6.45) is 0.878. The lowest BCUT2D eigenvalue weighted by Crippen LogP contribution is -2.33. The molecule has 1 aliphatic heterocycles. The second kappa shape index (κ2) is 7.30. The Labute approximate surface area is 170 Å². The molecule has 0 atom stereocenters. The number of hydrogen-bond acceptors (Lipinski definition) is 3. The number of amides is 1. The number of rotatable bonds is 3. The molecule has 1 aromatic heterocycles. The lowest BCUT2D eigenvalue weighted by Gasteiger charge is -2.29. The number of pyridine rings is 1. The molecule has 0 unspecified atom stereocenters.